The number of methoxy groups -OCH3 is 2. The van der Waals surface area contributed by atoms with Crippen LogP contribution in [0.15, 0.2) is 78.9 Å². The van der Waals surface area contributed by atoms with Gasteiger partial charge in [-0.1, -0.05) is 73.9 Å². The number of rotatable bonds is 14. The monoisotopic (exact) mass is 462 g/mol. The largest absolute Gasteiger partial charge is 0.497 e. The van der Waals surface area contributed by atoms with E-state index in [0.717, 1.165) is 60.3 Å². The molecule has 34 heavy (non-hydrogen) atoms. The lowest BCUT2D eigenvalue weighted by atomic mass is 9.80. The molecule has 3 aromatic rings. The number of carboxylic acids is 1. The van der Waals surface area contributed by atoms with Gasteiger partial charge in [-0.15, -0.1) is 0 Å². The van der Waals surface area contributed by atoms with Gasteiger partial charge < -0.3 is 19.3 Å². The summed E-state index contributed by atoms with van der Waals surface area (Å²) < 4.78 is 17.6. The predicted molar refractivity (Wildman–Crippen MR) is 134 cm³/mol. The highest BCUT2D eigenvalue weighted by Crippen LogP contribution is 2.41. The molecule has 0 fully saturated rings. The summed E-state index contributed by atoms with van der Waals surface area (Å²) >= 11 is 0. The highest BCUT2D eigenvalue weighted by atomic mass is 16.5. The van der Waals surface area contributed by atoms with Crippen molar-refractivity contribution in [1.82, 2.24) is 0 Å². The molecule has 0 aliphatic heterocycles. The van der Waals surface area contributed by atoms with E-state index in [0.29, 0.717) is 6.61 Å². The van der Waals surface area contributed by atoms with Gasteiger partial charge in [0.25, 0.3) is 0 Å². The summed E-state index contributed by atoms with van der Waals surface area (Å²) in [5, 5.41) is 8.80. The molecule has 0 aliphatic rings. The Morgan fingerprint density at radius 1 is 0.676 bits per heavy atom. The van der Waals surface area contributed by atoms with Crippen LogP contribution in [0.4, 0.5) is 0 Å². The number of ether oxygens (including phenoxy) is 3. The summed E-state index contributed by atoms with van der Waals surface area (Å²) in [4.78, 5) is 10.7. The number of hydrogen-bond acceptors (Lipinski definition) is 4. The van der Waals surface area contributed by atoms with Crippen molar-refractivity contribution in [3.8, 4) is 11.5 Å². The fourth-order valence-corrected chi connectivity index (χ4v) is 4.21. The first-order chi connectivity index (χ1) is 16.6. The molecular formula is C29H34O5. The average Bonchev–Trinajstić information content (AvgIpc) is 2.88. The lowest BCUT2D eigenvalue weighted by molar-refractivity contribution is -0.137. The Labute approximate surface area is 202 Å². The molecule has 3 rings (SSSR count). The molecule has 0 radical (unpaired) electrons. The normalized spacial score (nSPS) is 11.2. The third kappa shape index (κ3) is 6.39. The molecule has 5 heteroatoms. The van der Waals surface area contributed by atoms with Gasteiger partial charge in [-0.25, -0.2) is 0 Å². The van der Waals surface area contributed by atoms with Crippen LogP contribution in [0.5, 0.6) is 11.5 Å². The minimum Gasteiger partial charge on any atom is -0.497 e. The molecule has 1 N–H and O–H groups in total. The second kappa shape index (κ2) is 12.8. The number of hydrogen-bond donors (Lipinski definition) is 1. The maximum Gasteiger partial charge on any atom is 0.303 e. The number of benzene rings is 3. The Bertz CT molecular complexity index is 949. The first-order valence-corrected chi connectivity index (χ1v) is 11.8. The van der Waals surface area contributed by atoms with E-state index >= 15 is 0 Å². The Hall–Kier alpha value is -3.31. The molecule has 5 nitrogen and oxygen atoms in total. The van der Waals surface area contributed by atoms with Crippen molar-refractivity contribution in [2.24, 2.45) is 0 Å². The number of unbranched alkanes of at least 4 members (excludes halogenated alkanes) is 4. The summed E-state index contributed by atoms with van der Waals surface area (Å²) in [6.45, 7) is 0.575. The Morgan fingerprint density at radius 2 is 1.15 bits per heavy atom. The second-order valence-corrected chi connectivity index (χ2v) is 8.26. The van der Waals surface area contributed by atoms with Crippen LogP contribution in [-0.4, -0.2) is 31.9 Å². The van der Waals surface area contributed by atoms with Crippen molar-refractivity contribution in [3.63, 3.8) is 0 Å². The van der Waals surface area contributed by atoms with Gasteiger partial charge in [0, 0.05) is 13.0 Å². The fraction of sp³-hybridized carbons (Fsp3) is 0.345. The van der Waals surface area contributed by atoms with Crippen molar-refractivity contribution in [2.75, 3.05) is 20.8 Å². The van der Waals surface area contributed by atoms with E-state index < -0.39 is 11.6 Å². The first kappa shape index (κ1) is 25.3. The van der Waals surface area contributed by atoms with Crippen LogP contribution in [0.1, 0.15) is 55.2 Å². The van der Waals surface area contributed by atoms with Crippen LogP contribution in [0, 0.1) is 0 Å². The lowest BCUT2D eigenvalue weighted by Crippen LogP contribution is -2.33. The molecule has 0 bridgehead atoms. The van der Waals surface area contributed by atoms with E-state index in [2.05, 4.69) is 36.4 Å². The SMILES string of the molecule is COc1ccc(C(OCCCCCCCC(=O)O)(c2ccccc2)c2ccc(OC)cc2)cc1. The summed E-state index contributed by atoms with van der Waals surface area (Å²) in [7, 11) is 3.33. The predicted octanol–water partition coefficient (Wildman–Crippen LogP) is 6.44. The van der Waals surface area contributed by atoms with E-state index in [4.69, 9.17) is 19.3 Å². The third-order valence-corrected chi connectivity index (χ3v) is 6.03. The van der Waals surface area contributed by atoms with Crippen molar-refractivity contribution in [3.05, 3.63) is 95.6 Å². The quantitative estimate of drug-likeness (QED) is 0.221. The van der Waals surface area contributed by atoms with Gasteiger partial charge in [-0.2, -0.15) is 0 Å². The molecule has 0 heterocycles. The molecule has 0 aliphatic carbocycles. The van der Waals surface area contributed by atoms with E-state index in [9.17, 15) is 4.79 Å². The summed E-state index contributed by atoms with van der Waals surface area (Å²) in [6.07, 6.45) is 4.78. The highest BCUT2D eigenvalue weighted by Gasteiger charge is 2.37. The molecule has 0 unspecified atom stereocenters. The average molecular weight is 463 g/mol. The van der Waals surface area contributed by atoms with Crippen molar-refractivity contribution in [1.29, 1.82) is 0 Å². The van der Waals surface area contributed by atoms with Crippen LogP contribution < -0.4 is 9.47 Å². The van der Waals surface area contributed by atoms with Crippen LogP contribution >= 0.6 is 0 Å². The molecule has 0 atom stereocenters. The molecule has 0 amide bonds. The first-order valence-electron chi connectivity index (χ1n) is 11.8. The van der Waals surface area contributed by atoms with Crippen molar-refractivity contribution >= 4 is 5.97 Å². The van der Waals surface area contributed by atoms with Crippen molar-refractivity contribution in [2.45, 2.75) is 44.1 Å². The molecule has 180 valence electrons. The van der Waals surface area contributed by atoms with E-state index in [-0.39, 0.29) is 6.42 Å². The van der Waals surface area contributed by atoms with Crippen LogP contribution in [0.25, 0.3) is 0 Å². The standard InChI is InChI=1S/C29H34O5/c1-32-26-18-14-24(15-19-26)29(23-11-7-6-8-12-23,25-16-20-27(33-2)21-17-25)34-22-10-5-3-4-9-13-28(30)31/h6-8,11-12,14-21H,3-5,9-10,13,22H2,1-2H3,(H,30,31). The number of carboxylic acid groups (broad SMARTS) is 1. The maximum atomic E-state index is 10.7. The van der Waals surface area contributed by atoms with Crippen molar-refractivity contribution < 1.29 is 24.1 Å². The zero-order valence-corrected chi connectivity index (χ0v) is 20.0. The zero-order valence-electron chi connectivity index (χ0n) is 20.0. The fourth-order valence-electron chi connectivity index (χ4n) is 4.21. The van der Waals surface area contributed by atoms with Gasteiger partial charge in [0.05, 0.1) is 14.2 Å². The molecule has 0 spiro atoms. The maximum absolute atomic E-state index is 10.7. The topological polar surface area (TPSA) is 65.0 Å². The Morgan fingerprint density at radius 3 is 1.65 bits per heavy atom. The zero-order chi connectivity index (χ0) is 24.2. The van der Waals surface area contributed by atoms with Crippen LogP contribution in [-0.2, 0) is 15.1 Å². The smallest absolute Gasteiger partial charge is 0.303 e. The summed E-state index contributed by atoms with van der Waals surface area (Å²) in [5.74, 6) is 0.860. The van der Waals surface area contributed by atoms with E-state index in [1.165, 1.54) is 0 Å². The second-order valence-electron chi connectivity index (χ2n) is 8.26. The van der Waals surface area contributed by atoms with Gasteiger partial charge in [0.15, 0.2) is 0 Å². The Kier molecular flexibility index (Phi) is 9.53. The molecule has 0 saturated heterocycles. The minimum atomic E-state index is -0.789. The molecular weight excluding hydrogens is 428 g/mol. The number of carbonyl (C=O) groups is 1. The Balaban J connectivity index is 1.89. The van der Waals surface area contributed by atoms with Gasteiger partial charge >= 0.3 is 5.97 Å². The van der Waals surface area contributed by atoms with Crippen LogP contribution in [0.3, 0.4) is 0 Å². The summed E-state index contributed by atoms with van der Waals surface area (Å²) in [5.41, 5.74) is 2.30. The molecule has 3 aromatic carbocycles. The highest BCUT2D eigenvalue weighted by molar-refractivity contribution is 5.66. The van der Waals surface area contributed by atoms with E-state index in [1.54, 1.807) is 14.2 Å². The third-order valence-electron chi connectivity index (χ3n) is 6.03. The number of aliphatic carboxylic acids is 1. The molecule has 0 aromatic heterocycles. The summed E-state index contributed by atoms with van der Waals surface area (Å²) in [6, 6.07) is 26.3. The minimum absolute atomic E-state index is 0.239. The lowest BCUT2D eigenvalue weighted by Gasteiger charge is -2.36. The van der Waals surface area contributed by atoms with Gasteiger partial charge in [0.1, 0.15) is 17.1 Å². The molecule has 0 saturated carbocycles. The van der Waals surface area contributed by atoms with E-state index in [1.807, 2.05) is 42.5 Å². The van der Waals surface area contributed by atoms with Crippen LogP contribution in [0.2, 0.25) is 0 Å². The van der Waals surface area contributed by atoms with Gasteiger partial charge in [-0.3, -0.25) is 4.79 Å². The van der Waals surface area contributed by atoms with Gasteiger partial charge in [0.2, 0.25) is 0 Å². The van der Waals surface area contributed by atoms with Gasteiger partial charge in [-0.05, 0) is 53.8 Å².